The van der Waals surface area contributed by atoms with E-state index >= 15 is 0 Å². The van der Waals surface area contributed by atoms with Crippen molar-refractivity contribution in [3.63, 3.8) is 0 Å². The Labute approximate surface area is 126 Å². The zero-order chi connectivity index (χ0) is 14.8. The Morgan fingerprint density at radius 3 is 2.76 bits per heavy atom. The zero-order valence-electron chi connectivity index (χ0n) is 12.6. The van der Waals surface area contributed by atoms with Gasteiger partial charge in [0, 0.05) is 19.6 Å². The second-order valence-electron chi connectivity index (χ2n) is 4.84. The van der Waals surface area contributed by atoms with Gasteiger partial charge in [0.15, 0.2) is 6.29 Å². The smallest absolute Gasteiger partial charge is 0.199 e. The zero-order valence-corrected chi connectivity index (χ0v) is 12.6. The second kappa shape index (κ2) is 9.60. The molecule has 118 valence electrons. The third-order valence-electron chi connectivity index (χ3n) is 3.14. The third-order valence-corrected chi connectivity index (χ3v) is 3.14. The predicted molar refractivity (Wildman–Crippen MR) is 78.9 cm³/mol. The van der Waals surface area contributed by atoms with Crippen molar-refractivity contribution in [3.8, 4) is 11.5 Å². The summed E-state index contributed by atoms with van der Waals surface area (Å²) in [5.41, 5.74) is 0. The largest absolute Gasteiger partial charge is 0.491 e. The third kappa shape index (κ3) is 6.33. The van der Waals surface area contributed by atoms with Crippen LogP contribution in [-0.2, 0) is 14.2 Å². The van der Waals surface area contributed by atoms with Gasteiger partial charge in [0.2, 0.25) is 0 Å². The lowest BCUT2D eigenvalue weighted by Gasteiger charge is -2.23. The second-order valence-corrected chi connectivity index (χ2v) is 4.84. The predicted octanol–water partition coefficient (Wildman–Crippen LogP) is 2.63. The summed E-state index contributed by atoms with van der Waals surface area (Å²) in [5.74, 6) is 1.55. The number of hydrogen-bond donors (Lipinski definition) is 0. The van der Waals surface area contributed by atoms with E-state index in [0.29, 0.717) is 26.4 Å². The minimum atomic E-state index is -0.133. The van der Waals surface area contributed by atoms with E-state index in [-0.39, 0.29) is 6.29 Å². The van der Waals surface area contributed by atoms with Crippen LogP contribution in [0.5, 0.6) is 11.5 Å². The monoisotopic (exact) mass is 296 g/mol. The molecule has 0 bridgehead atoms. The number of rotatable bonds is 9. The molecular weight excluding hydrogens is 272 g/mol. The van der Waals surface area contributed by atoms with Gasteiger partial charge in [-0.1, -0.05) is 6.07 Å². The van der Waals surface area contributed by atoms with Gasteiger partial charge in [0.25, 0.3) is 0 Å². The SMILES string of the molecule is COCCOCCOc1cccc(OC2CCCCO2)c1. The molecule has 1 aliphatic rings. The maximum Gasteiger partial charge on any atom is 0.199 e. The van der Waals surface area contributed by atoms with Crippen LogP contribution >= 0.6 is 0 Å². The average molecular weight is 296 g/mol. The molecule has 21 heavy (non-hydrogen) atoms. The Morgan fingerprint density at radius 2 is 1.95 bits per heavy atom. The van der Waals surface area contributed by atoms with Crippen LogP contribution in [0.3, 0.4) is 0 Å². The molecule has 5 nitrogen and oxygen atoms in total. The van der Waals surface area contributed by atoms with Crippen LogP contribution in [0.25, 0.3) is 0 Å². The molecule has 0 amide bonds. The number of ether oxygens (including phenoxy) is 5. The van der Waals surface area contributed by atoms with Crippen LogP contribution < -0.4 is 9.47 Å². The van der Waals surface area contributed by atoms with Crippen LogP contribution in [0, 0.1) is 0 Å². The van der Waals surface area contributed by atoms with Crippen LogP contribution in [0.4, 0.5) is 0 Å². The van der Waals surface area contributed by atoms with Gasteiger partial charge in [-0.05, 0) is 25.0 Å². The Balaban J connectivity index is 1.70. The number of hydrogen-bond acceptors (Lipinski definition) is 5. The van der Waals surface area contributed by atoms with E-state index in [9.17, 15) is 0 Å². The minimum absolute atomic E-state index is 0.133. The van der Waals surface area contributed by atoms with Crippen molar-refractivity contribution >= 4 is 0 Å². The fraction of sp³-hybridized carbons (Fsp3) is 0.625. The van der Waals surface area contributed by atoms with Crippen LogP contribution in [0.1, 0.15) is 19.3 Å². The molecule has 0 saturated carbocycles. The average Bonchev–Trinajstić information content (AvgIpc) is 2.52. The highest BCUT2D eigenvalue weighted by atomic mass is 16.7. The fourth-order valence-electron chi connectivity index (χ4n) is 2.06. The standard InChI is InChI=1S/C16H24O5/c1-17-9-10-18-11-12-19-14-5-4-6-15(13-14)21-16-7-2-3-8-20-16/h4-6,13,16H,2-3,7-12H2,1H3. The van der Waals surface area contributed by atoms with Crippen molar-refractivity contribution < 1.29 is 23.7 Å². The van der Waals surface area contributed by atoms with Gasteiger partial charge in [-0.15, -0.1) is 0 Å². The van der Waals surface area contributed by atoms with Crippen molar-refractivity contribution in [1.82, 2.24) is 0 Å². The molecule has 5 heteroatoms. The van der Waals surface area contributed by atoms with Crippen molar-refractivity contribution in [2.75, 3.05) is 40.1 Å². The van der Waals surface area contributed by atoms with E-state index in [1.54, 1.807) is 7.11 Å². The molecule has 0 spiro atoms. The highest BCUT2D eigenvalue weighted by Crippen LogP contribution is 2.23. The summed E-state index contributed by atoms with van der Waals surface area (Å²) < 4.78 is 27.2. The molecule has 1 unspecified atom stereocenters. The Hall–Kier alpha value is -1.30. The molecular formula is C16H24O5. The minimum Gasteiger partial charge on any atom is -0.491 e. The first-order valence-corrected chi connectivity index (χ1v) is 7.46. The van der Waals surface area contributed by atoms with Gasteiger partial charge in [-0.2, -0.15) is 0 Å². The summed E-state index contributed by atoms with van der Waals surface area (Å²) in [6, 6.07) is 7.62. The lowest BCUT2D eigenvalue weighted by Crippen LogP contribution is -2.24. The maximum absolute atomic E-state index is 5.81. The first-order valence-electron chi connectivity index (χ1n) is 7.46. The summed E-state index contributed by atoms with van der Waals surface area (Å²) in [5, 5.41) is 0. The number of benzene rings is 1. The molecule has 0 N–H and O–H groups in total. The lowest BCUT2D eigenvalue weighted by atomic mass is 10.2. The Morgan fingerprint density at radius 1 is 1.10 bits per heavy atom. The van der Waals surface area contributed by atoms with Crippen molar-refractivity contribution in [2.45, 2.75) is 25.6 Å². The van der Waals surface area contributed by atoms with Crippen molar-refractivity contribution in [2.24, 2.45) is 0 Å². The van der Waals surface area contributed by atoms with Gasteiger partial charge in [-0.3, -0.25) is 0 Å². The topological polar surface area (TPSA) is 46.2 Å². The Bertz CT molecular complexity index is 390. The van der Waals surface area contributed by atoms with E-state index in [2.05, 4.69) is 0 Å². The summed E-state index contributed by atoms with van der Waals surface area (Å²) in [7, 11) is 1.65. The van der Waals surface area contributed by atoms with Gasteiger partial charge in [0.1, 0.15) is 18.1 Å². The van der Waals surface area contributed by atoms with Gasteiger partial charge in [-0.25, -0.2) is 0 Å². The molecule has 0 aromatic heterocycles. The van der Waals surface area contributed by atoms with Crippen LogP contribution in [0.15, 0.2) is 24.3 Å². The van der Waals surface area contributed by atoms with Crippen LogP contribution in [0.2, 0.25) is 0 Å². The van der Waals surface area contributed by atoms with E-state index in [4.69, 9.17) is 23.7 Å². The lowest BCUT2D eigenvalue weighted by molar-refractivity contribution is -0.105. The first kappa shape index (κ1) is 16.1. The van der Waals surface area contributed by atoms with Gasteiger partial charge in [0.05, 0.1) is 26.4 Å². The molecule has 1 saturated heterocycles. The molecule has 1 heterocycles. The summed E-state index contributed by atoms with van der Waals surface area (Å²) in [6.07, 6.45) is 3.08. The Kier molecular flexibility index (Phi) is 7.35. The highest BCUT2D eigenvalue weighted by molar-refractivity contribution is 5.33. The fourth-order valence-corrected chi connectivity index (χ4v) is 2.06. The van der Waals surface area contributed by atoms with Gasteiger partial charge < -0.3 is 23.7 Å². The number of methoxy groups -OCH3 is 1. The van der Waals surface area contributed by atoms with E-state index in [0.717, 1.165) is 37.4 Å². The molecule has 2 rings (SSSR count). The van der Waals surface area contributed by atoms with E-state index < -0.39 is 0 Å². The summed E-state index contributed by atoms with van der Waals surface area (Å²) in [6.45, 7) is 3.01. The highest BCUT2D eigenvalue weighted by Gasteiger charge is 2.15. The molecule has 1 aliphatic heterocycles. The molecule has 0 radical (unpaired) electrons. The van der Waals surface area contributed by atoms with Gasteiger partial charge >= 0.3 is 0 Å². The van der Waals surface area contributed by atoms with Crippen LogP contribution in [-0.4, -0.2) is 46.4 Å². The molecule has 1 aromatic rings. The molecule has 1 atom stereocenters. The van der Waals surface area contributed by atoms with Crippen molar-refractivity contribution in [1.29, 1.82) is 0 Å². The normalized spacial score (nSPS) is 18.4. The van der Waals surface area contributed by atoms with E-state index in [1.165, 1.54) is 0 Å². The molecule has 1 aromatic carbocycles. The van der Waals surface area contributed by atoms with E-state index in [1.807, 2.05) is 24.3 Å². The van der Waals surface area contributed by atoms with Crippen molar-refractivity contribution in [3.05, 3.63) is 24.3 Å². The summed E-state index contributed by atoms with van der Waals surface area (Å²) >= 11 is 0. The molecule has 1 fully saturated rings. The first-order chi connectivity index (χ1) is 10.4. The quantitative estimate of drug-likeness (QED) is 0.656. The maximum atomic E-state index is 5.81. The summed E-state index contributed by atoms with van der Waals surface area (Å²) in [4.78, 5) is 0. The molecule has 0 aliphatic carbocycles.